The van der Waals surface area contributed by atoms with Crippen LogP contribution in [0.1, 0.15) is 20.7 Å². The SMILES string of the molecule is O=Cc1cccc(NC(=O)c2c(F)cc(Br)cc2F)c1. The van der Waals surface area contributed by atoms with E-state index in [0.717, 1.165) is 12.1 Å². The van der Waals surface area contributed by atoms with Gasteiger partial charge in [0.05, 0.1) is 0 Å². The van der Waals surface area contributed by atoms with Crippen LogP contribution < -0.4 is 5.32 Å². The molecule has 2 rings (SSSR count). The predicted molar refractivity (Wildman–Crippen MR) is 73.8 cm³/mol. The van der Waals surface area contributed by atoms with Gasteiger partial charge in [0.15, 0.2) is 0 Å². The Bertz CT molecular complexity index is 666. The lowest BCUT2D eigenvalue weighted by Gasteiger charge is -2.08. The molecule has 0 bridgehead atoms. The van der Waals surface area contributed by atoms with E-state index < -0.39 is 23.1 Å². The summed E-state index contributed by atoms with van der Waals surface area (Å²) in [7, 11) is 0. The van der Waals surface area contributed by atoms with Gasteiger partial charge < -0.3 is 5.32 Å². The van der Waals surface area contributed by atoms with E-state index in [1.165, 1.54) is 12.1 Å². The van der Waals surface area contributed by atoms with Gasteiger partial charge in [-0.25, -0.2) is 8.78 Å². The molecule has 1 N–H and O–H groups in total. The number of nitrogens with one attached hydrogen (secondary N) is 1. The maximum atomic E-state index is 13.6. The summed E-state index contributed by atoms with van der Waals surface area (Å²) in [6.07, 6.45) is 0.608. The minimum Gasteiger partial charge on any atom is -0.322 e. The Balaban J connectivity index is 2.30. The first-order valence-electron chi connectivity index (χ1n) is 5.52. The van der Waals surface area contributed by atoms with Crippen molar-refractivity contribution in [1.29, 1.82) is 0 Å². The van der Waals surface area contributed by atoms with E-state index in [9.17, 15) is 18.4 Å². The van der Waals surface area contributed by atoms with Gasteiger partial charge >= 0.3 is 0 Å². The fourth-order valence-electron chi connectivity index (χ4n) is 1.64. The number of carbonyl (C=O) groups excluding carboxylic acids is 2. The van der Waals surface area contributed by atoms with Crippen molar-refractivity contribution in [2.75, 3.05) is 5.32 Å². The summed E-state index contributed by atoms with van der Waals surface area (Å²) < 4.78 is 27.4. The highest BCUT2D eigenvalue weighted by atomic mass is 79.9. The summed E-state index contributed by atoms with van der Waals surface area (Å²) in [6, 6.07) is 8.01. The molecule has 1 amide bonds. The molecule has 2 aromatic carbocycles. The summed E-state index contributed by atoms with van der Waals surface area (Å²) in [5.74, 6) is -2.86. The lowest BCUT2D eigenvalue weighted by Crippen LogP contribution is -2.16. The van der Waals surface area contributed by atoms with Crippen LogP contribution in [0.5, 0.6) is 0 Å². The van der Waals surface area contributed by atoms with E-state index in [1.807, 2.05) is 0 Å². The highest BCUT2D eigenvalue weighted by Gasteiger charge is 2.18. The molecule has 2 aromatic rings. The maximum Gasteiger partial charge on any atom is 0.261 e. The van der Waals surface area contributed by atoms with Crippen molar-refractivity contribution in [1.82, 2.24) is 0 Å². The van der Waals surface area contributed by atoms with Gasteiger partial charge in [0, 0.05) is 15.7 Å². The van der Waals surface area contributed by atoms with Crippen LogP contribution in [0, 0.1) is 11.6 Å². The van der Waals surface area contributed by atoms with Crippen molar-refractivity contribution in [3.8, 4) is 0 Å². The van der Waals surface area contributed by atoms with Gasteiger partial charge in [0.1, 0.15) is 23.5 Å². The number of carbonyl (C=O) groups is 2. The van der Waals surface area contributed by atoms with Crippen LogP contribution in [0.4, 0.5) is 14.5 Å². The number of benzene rings is 2. The molecular weight excluding hydrogens is 332 g/mol. The fraction of sp³-hybridized carbons (Fsp3) is 0. The monoisotopic (exact) mass is 339 g/mol. The van der Waals surface area contributed by atoms with Crippen molar-refractivity contribution in [3.63, 3.8) is 0 Å². The van der Waals surface area contributed by atoms with Crippen molar-refractivity contribution < 1.29 is 18.4 Å². The average Bonchev–Trinajstić information content (AvgIpc) is 2.37. The lowest BCUT2D eigenvalue weighted by atomic mass is 10.1. The summed E-state index contributed by atoms with van der Waals surface area (Å²) >= 11 is 2.93. The van der Waals surface area contributed by atoms with E-state index >= 15 is 0 Å². The van der Waals surface area contributed by atoms with Gasteiger partial charge in [0.2, 0.25) is 0 Å². The number of anilines is 1. The number of hydrogen-bond acceptors (Lipinski definition) is 2. The van der Waals surface area contributed by atoms with Crippen molar-refractivity contribution in [2.24, 2.45) is 0 Å². The molecule has 3 nitrogen and oxygen atoms in total. The fourth-order valence-corrected chi connectivity index (χ4v) is 2.04. The highest BCUT2D eigenvalue weighted by molar-refractivity contribution is 9.10. The molecule has 0 saturated heterocycles. The topological polar surface area (TPSA) is 46.2 Å². The molecule has 6 heteroatoms. The highest BCUT2D eigenvalue weighted by Crippen LogP contribution is 2.21. The molecule has 0 aliphatic rings. The zero-order valence-electron chi connectivity index (χ0n) is 9.99. The average molecular weight is 340 g/mol. The second kappa shape index (κ2) is 5.92. The summed E-state index contributed by atoms with van der Waals surface area (Å²) in [4.78, 5) is 22.5. The molecule has 0 spiro atoms. The molecule has 0 saturated carbocycles. The largest absolute Gasteiger partial charge is 0.322 e. The molecule has 0 atom stereocenters. The Labute approximate surface area is 121 Å². The first-order valence-corrected chi connectivity index (χ1v) is 6.31. The molecular formula is C14H8BrF2NO2. The van der Waals surface area contributed by atoms with Gasteiger partial charge in [-0.05, 0) is 24.3 Å². The van der Waals surface area contributed by atoms with E-state index in [0.29, 0.717) is 11.8 Å². The second-order valence-corrected chi connectivity index (χ2v) is 4.86. The van der Waals surface area contributed by atoms with Crippen LogP contribution in [0.2, 0.25) is 0 Å². The number of hydrogen-bond donors (Lipinski definition) is 1. The Kier molecular flexibility index (Phi) is 4.24. The number of amides is 1. The van der Waals surface area contributed by atoms with Crippen LogP contribution in [0.3, 0.4) is 0 Å². The van der Waals surface area contributed by atoms with E-state index in [4.69, 9.17) is 0 Å². The van der Waals surface area contributed by atoms with Crippen LogP contribution in [0.25, 0.3) is 0 Å². The van der Waals surface area contributed by atoms with Crippen LogP contribution >= 0.6 is 15.9 Å². The predicted octanol–water partition coefficient (Wildman–Crippen LogP) is 3.79. The smallest absolute Gasteiger partial charge is 0.261 e. The van der Waals surface area contributed by atoms with E-state index in [1.54, 1.807) is 12.1 Å². The first-order chi connectivity index (χ1) is 9.51. The summed E-state index contributed by atoms with van der Waals surface area (Å²) in [5.41, 5.74) is -0.0504. The first kappa shape index (κ1) is 14.3. The summed E-state index contributed by atoms with van der Waals surface area (Å²) in [6.45, 7) is 0. The van der Waals surface area contributed by atoms with Crippen molar-refractivity contribution in [3.05, 3.63) is 63.6 Å². The Morgan fingerprint density at radius 2 is 1.80 bits per heavy atom. The van der Waals surface area contributed by atoms with Gasteiger partial charge in [-0.1, -0.05) is 28.1 Å². The minimum atomic E-state index is -0.971. The second-order valence-electron chi connectivity index (χ2n) is 3.94. The van der Waals surface area contributed by atoms with Crippen LogP contribution in [0.15, 0.2) is 40.9 Å². The van der Waals surface area contributed by atoms with Crippen LogP contribution in [-0.4, -0.2) is 12.2 Å². The Morgan fingerprint density at radius 1 is 1.15 bits per heavy atom. The molecule has 0 fully saturated rings. The van der Waals surface area contributed by atoms with Crippen LogP contribution in [-0.2, 0) is 0 Å². The Morgan fingerprint density at radius 3 is 2.40 bits per heavy atom. The molecule has 20 heavy (non-hydrogen) atoms. The molecule has 0 radical (unpaired) electrons. The van der Waals surface area contributed by atoms with E-state index in [-0.39, 0.29) is 10.2 Å². The standard InChI is InChI=1S/C14H8BrF2NO2/c15-9-5-11(16)13(12(17)6-9)14(20)18-10-3-1-2-8(4-10)7-19/h1-7H,(H,18,20). The Hall–Kier alpha value is -2.08. The molecule has 0 aliphatic heterocycles. The number of halogens is 3. The maximum absolute atomic E-state index is 13.6. The zero-order chi connectivity index (χ0) is 14.7. The van der Waals surface area contributed by atoms with E-state index in [2.05, 4.69) is 21.2 Å². The third-order valence-corrected chi connectivity index (χ3v) is 2.97. The molecule has 0 heterocycles. The van der Waals surface area contributed by atoms with Crippen molar-refractivity contribution >= 4 is 33.8 Å². The molecule has 0 unspecified atom stereocenters. The summed E-state index contributed by atoms with van der Waals surface area (Å²) in [5, 5.41) is 2.34. The van der Waals surface area contributed by atoms with Gasteiger partial charge in [-0.15, -0.1) is 0 Å². The molecule has 102 valence electrons. The van der Waals surface area contributed by atoms with Crippen molar-refractivity contribution in [2.45, 2.75) is 0 Å². The van der Waals surface area contributed by atoms with Gasteiger partial charge in [0.25, 0.3) is 5.91 Å². The third-order valence-electron chi connectivity index (χ3n) is 2.51. The third kappa shape index (κ3) is 3.08. The lowest BCUT2D eigenvalue weighted by molar-refractivity contribution is 0.101. The number of rotatable bonds is 3. The van der Waals surface area contributed by atoms with Gasteiger partial charge in [-0.2, -0.15) is 0 Å². The normalized spacial score (nSPS) is 10.2. The van der Waals surface area contributed by atoms with Gasteiger partial charge in [-0.3, -0.25) is 9.59 Å². The zero-order valence-corrected chi connectivity index (χ0v) is 11.6. The minimum absolute atomic E-state index is 0.201. The quantitative estimate of drug-likeness (QED) is 0.864. The molecule has 0 aromatic heterocycles. The molecule has 0 aliphatic carbocycles. The number of aldehydes is 1.